The Bertz CT molecular complexity index is 929. The quantitative estimate of drug-likeness (QED) is 0.592. The number of aromatic nitrogens is 1. The molecule has 0 atom stereocenters. The van der Waals surface area contributed by atoms with Crippen LogP contribution in [-0.4, -0.2) is 35.5 Å². The van der Waals surface area contributed by atoms with Crippen LogP contribution < -0.4 is 10.2 Å². The molecule has 0 aliphatic carbocycles. The van der Waals surface area contributed by atoms with E-state index in [-0.39, 0.29) is 17.4 Å². The van der Waals surface area contributed by atoms with Crippen LogP contribution in [0.15, 0.2) is 35.4 Å². The van der Waals surface area contributed by atoms with Crippen LogP contribution in [0.25, 0.3) is 0 Å². The van der Waals surface area contributed by atoms with Crippen LogP contribution in [0.5, 0.6) is 0 Å². The van der Waals surface area contributed by atoms with Gasteiger partial charge in [0.15, 0.2) is 5.78 Å². The minimum absolute atomic E-state index is 0.131. The number of carbonyl (C=O) groups excluding carboxylic acids is 2. The SMILES string of the molecule is CC(=O)c1cc(C#N)c(SCC(=O)Nc2ccc(N3CCCC3)cc2)nc1C. The van der Waals surface area contributed by atoms with E-state index in [2.05, 4.69) is 21.3 Å². The number of nitrogens with one attached hydrogen (secondary N) is 1. The van der Waals surface area contributed by atoms with Crippen molar-refractivity contribution >= 4 is 34.8 Å². The molecule has 0 saturated carbocycles. The molecule has 0 spiro atoms. The number of thioether (sulfide) groups is 1. The zero-order valence-corrected chi connectivity index (χ0v) is 16.8. The second-order valence-corrected chi connectivity index (χ2v) is 7.68. The molecule has 1 fully saturated rings. The molecule has 1 aromatic heterocycles. The minimum atomic E-state index is -0.169. The first-order valence-corrected chi connectivity index (χ1v) is 10.2. The van der Waals surface area contributed by atoms with Crippen molar-refractivity contribution in [2.45, 2.75) is 31.7 Å². The van der Waals surface area contributed by atoms with Crippen LogP contribution >= 0.6 is 11.8 Å². The van der Waals surface area contributed by atoms with Crippen molar-refractivity contribution in [3.63, 3.8) is 0 Å². The van der Waals surface area contributed by atoms with E-state index < -0.39 is 0 Å². The third kappa shape index (κ3) is 4.70. The highest BCUT2D eigenvalue weighted by Gasteiger charge is 2.15. The highest BCUT2D eigenvalue weighted by Crippen LogP contribution is 2.24. The standard InChI is InChI=1S/C21H22N4O2S/c1-14-19(15(2)26)11-16(12-22)21(23-14)28-13-20(27)24-17-5-7-18(8-6-17)25-9-3-4-10-25/h5-8,11H,3-4,9-10,13H2,1-2H3,(H,24,27). The number of ketones is 1. The maximum atomic E-state index is 12.3. The number of benzene rings is 1. The van der Waals surface area contributed by atoms with Crippen molar-refractivity contribution in [3.05, 3.63) is 47.2 Å². The summed E-state index contributed by atoms with van der Waals surface area (Å²) in [5.74, 6) is -0.167. The van der Waals surface area contributed by atoms with Gasteiger partial charge in [0.2, 0.25) is 5.91 Å². The lowest BCUT2D eigenvalue weighted by Gasteiger charge is -2.17. The maximum Gasteiger partial charge on any atom is 0.234 e. The molecule has 1 aromatic carbocycles. The van der Waals surface area contributed by atoms with Crippen LogP contribution in [0.2, 0.25) is 0 Å². The number of aryl methyl sites for hydroxylation is 1. The van der Waals surface area contributed by atoms with Crippen molar-refractivity contribution in [1.29, 1.82) is 5.26 Å². The second kappa shape index (κ2) is 8.89. The summed E-state index contributed by atoms with van der Waals surface area (Å²) in [6, 6.07) is 11.4. The third-order valence-electron chi connectivity index (χ3n) is 4.64. The maximum absolute atomic E-state index is 12.3. The third-order valence-corrected chi connectivity index (χ3v) is 5.63. The largest absolute Gasteiger partial charge is 0.372 e. The molecule has 1 saturated heterocycles. The molecule has 2 aromatic rings. The van der Waals surface area contributed by atoms with E-state index in [1.165, 1.54) is 37.2 Å². The Morgan fingerprint density at radius 3 is 2.54 bits per heavy atom. The average Bonchev–Trinajstić information content (AvgIpc) is 3.21. The molecule has 3 rings (SSSR count). The zero-order valence-electron chi connectivity index (χ0n) is 16.0. The number of nitrogens with zero attached hydrogens (tertiary/aromatic N) is 3. The van der Waals surface area contributed by atoms with Gasteiger partial charge in [0.1, 0.15) is 11.1 Å². The van der Waals surface area contributed by atoms with Crippen LogP contribution in [0.4, 0.5) is 11.4 Å². The van der Waals surface area contributed by atoms with Gasteiger partial charge in [0.05, 0.1) is 11.3 Å². The van der Waals surface area contributed by atoms with Crippen LogP contribution in [-0.2, 0) is 4.79 Å². The molecule has 0 radical (unpaired) electrons. The number of hydrogen-bond donors (Lipinski definition) is 1. The summed E-state index contributed by atoms with van der Waals surface area (Å²) in [5.41, 5.74) is 3.22. The zero-order chi connectivity index (χ0) is 20.1. The Labute approximate surface area is 169 Å². The first kappa shape index (κ1) is 19.9. The molecule has 7 heteroatoms. The number of hydrogen-bond acceptors (Lipinski definition) is 6. The van der Waals surface area contributed by atoms with Crippen LogP contribution in [0.1, 0.15) is 41.4 Å². The Balaban J connectivity index is 1.60. The lowest BCUT2D eigenvalue weighted by Crippen LogP contribution is -2.18. The lowest BCUT2D eigenvalue weighted by atomic mass is 10.1. The predicted octanol–water partition coefficient (Wildman–Crippen LogP) is 3.80. The smallest absolute Gasteiger partial charge is 0.234 e. The van der Waals surface area contributed by atoms with E-state index in [9.17, 15) is 14.9 Å². The van der Waals surface area contributed by atoms with Gasteiger partial charge in [-0.05, 0) is 57.0 Å². The summed E-state index contributed by atoms with van der Waals surface area (Å²) in [6.07, 6.45) is 2.45. The van der Waals surface area contributed by atoms with Gasteiger partial charge in [-0.15, -0.1) is 0 Å². The van der Waals surface area contributed by atoms with Gasteiger partial charge in [-0.1, -0.05) is 11.8 Å². The van der Waals surface area contributed by atoms with E-state index in [1.807, 2.05) is 24.3 Å². The molecular formula is C21H22N4O2S. The molecule has 144 valence electrons. The van der Waals surface area contributed by atoms with Gasteiger partial charge in [-0.3, -0.25) is 9.59 Å². The molecule has 1 aliphatic heterocycles. The predicted molar refractivity (Wildman–Crippen MR) is 111 cm³/mol. The van der Waals surface area contributed by atoms with Crippen molar-refractivity contribution in [2.75, 3.05) is 29.1 Å². The minimum Gasteiger partial charge on any atom is -0.372 e. The number of rotatable bonds is 6. The van der Waals surface area contributed by atoms with E-state index in [0.29, 0.717) is 21.8 Å². The molecular weight excluding hydrogens is 372 g/mol. The average molecular weight is 395 g/mol. The summed E-state index contributed by atoms with van der Waals surface area (Å²) in [7, 11) is 0. The van der Waals surface area contributed by atoms with Gasteiger partial charge < -0.3 is 10.2 Å². The summed E-state index contributed by atoms with van der Waals surface area (Å²) in [4.78, 5) is 30.5. The topological polar surface area (TPSA) is 86.1 Å². The molecule has 28 heavy (non-hydrogen) atoms. The summed E-state index contributed by atoms with van der Waals surface area (Å²) < 4.78 is 0. The molecule has 0 unspecified atom stereocenters. The molecule has 1 aliphatic rings. The summed E-state index contributed by atoms with van der Waals surface area (Å²) in [5, 5.41) is 12.6. The Morgan fingerprint density at radius 2 is 1.93 bits per heavy atom. The molecule has 2 heterocycles. The first-order valence-electron chi connectivity index (χ1n) is 9.18. The van der Waals surface area contributed by atoms with E-state index in [4.69, 9.17) is 0 Å². The lowest BCUT2D eigenvalue weighted by molar-refractivity contribution is -0.113. The van der Waals surface area contributed by atoms with Crippen molar-refractivity contribution in [1.82, 2.24) is 4.98 Å². The van der Waals surface area contributed by atoms with E-state index in [1.54, 1.807) is 13.0 Å². The number of pyridine rings is 1. The fourth-order valence-electron chi connectivity index (χ4n) is 3.19. The van der Waals surface area contributed by atoms with Gasteiger partial charge in [0, 0.05) is 35.7 Å². The second-order valence-electron chi connectivity index (χ2n) is 6.72. The highest BCUT2D eigenvalue weighted by molar-refractivity contribution is 8.00. The number of anilines is 2. The number of Topliss-reactive ketones (excluding diaryl/α,β-unsaturated/α-hetero) is 1. The number of nitriles is 1. The Morgan fingerprint density at radius 1 is 1.25 bits per heavy atom. The number of carbonyl (C=O) groups is 2. The summed E-state index contributed by atoms with van der Waals surface area (Å²) >= 11 is 1.19. The Kier molecular flexibility index (Phi) is 6.32. The van der Waals surface area contributed by atoms with Crippen molar-refractivity contribution < 1.29 is 9.59 Å². The molecule has 0 bridgehead atoms. The van der Waals surface area contributed by atoms with Crippen LogP contribution in [0, 0.1) is 18.3 Å². The van der Waals surface area contributed by atoms with Crippen molar-refractivity contribution in [2.24, 2.45) is 0 Å². The van der Waals surface area contributed by atoms with Crippen LogP contribution in [0.3, 0.4) is 0 Å². The fourth-order valence-corrected chi connectivity index (χ4v) is 3.99. The van der Waals surface area contributed by atoms with E-state index in [0.717, 1.165) is 18.8 Å². The summed E-state index contributed by atoms with van der Waals surface area (Å²) in [6.45, 7) is 5.33. The number of amides is 1. The van der Waals surface area contributed by atoms with Gasteiger partial charge in [-0.2, -0.15) is 5.26 Å². The van der Waals surface area contributed by atoms with Crippen molar-refractivity contribution in [3.8, 4) is 6.07 Å². The van der Waals surface area contributed by atoms with E-state index >= 15 is 0 Å². The monoisotopic (exact) mass is 394 g/mol. The van der Waals surface area contributed by atoms with Gasteiger partial charge in [-0.25, -0.2) is 4.98 Å². The highest BCUT2D eigenvalue weighted by atomic mass is 32.2. The molecule has 1 amide bonds. The van der Waals surface area contributed by atoms with Gasteiger partial charge >= 0.3 is 0 Å². The molecule has 6 nitrogen and oxygen atoms in total. The fraction of sp³-hybridized carbons (Fsp3) is 0.333. The first-order chi connectivity index (χ1) is 13.5. The van der Waals surface area contributed by atoms with Gasteiger partial charge in [0.25, 0.3) is 0 Å². The normalized spacial score (nSPS) is 13.2. The Hall–Kier alpha value is -2.85. The molecule has 1 N–H and O–H groups in total.